The summed E-state index contributed by atoms with van der Waals surface area (Å²) in [4.78, 5) is 10.4. The number of sulfonamides is 1. The van der Waals surface area contributed by atoms with Gasteiger partial charge in [-0.1, -0.05) is 15.9 Å². The molecule has 2 rings (SSSR count). The van der Waals surface area contributed by atoms with E-state index < -0.39 is 38.3 Å². The number of aromatic carboxylic acids is 1. The zero-order valence-electron chi connectivity index (χ0n) is 11.0. The number of hydrogen-bond acceptors (Lipinski definition) is 4. The van der Waals surface area contributed by atoms with Gasteiger partial charge in [-0.05, 0) is 19.1 Å². The van der Waals surface area contributed by atoms with Crippen LogP contribution in [0.5, 0.6) is 0 Å². The third-order valence-corrected chi connectivity index (χ3v) is 5.60. The Morgan fingerprint density at radius 1 is 1.52 bits per heavy atom. The van der Waals surface area contributed by atoms with E-state index in [1.54, 1.807) is 6.92 Å². The molecule has 0 aromatic heterocycles. The Kier molecular flexibility index (Phi) is 4.66. The van der Waals surface area contributed by atoms with Crippen LogP contribution in [0.25, 0.3) is 0 Å². The van der Waals surface area contributed by atoms with E-state index >= 15 is 0 Å². The van der Waals surface area contributed by atoms with Crippen LogP contribution in [0.4, 0.5) is 4.39 Å². The lowest BCUT2D eigenvalue weighted by atomic mass is 10.2. The second-order valence-electron chi connectivity index (χ2n) is 4.61. The molecule has 1 N–H and O–H groups in total. The van der Waals surface area contributed by atoms with Gasteiger partial charge in [0.2, 0.25) is 10.0 Å². The van der Waals surface area contributed by atoms with Crippen molar-refractivity contribution in [1.82, 2.24) is 4.31 Å². The Bertz CT molecular complexity index is 678. The van der Waals surface area contributed by atoms with Gasteiger partial charge in [-0.3, -0.25) is 0 Å². The molecule has 116 valence electrons. The average Bonchev–Trinajstić information content (AvgIpc) is 2.40. The second kappa shape index (κ2) is 5.99. The van der Waals surface area contributed by atoms with Gasteiger partial charge in [-0.25, -0.2) is 17.6 Å². The quantitative estimate of drug-likeness (QED) is 0.861. The van der Waals surface area contributed by atoms with Gasteiger partial charge in [0, 0.05) is 17.1 Å². The summed E-state index contributed by atoms with van der Waals surface area (Å²) in [5.74, 6) is -2.79. The fourth-order valence-electron chi connectivity index (χ4n) is 2.10. The van der Waals surface area contributed by atoms with E-state index in [9.17, 15) is 17.6 Å². The summed E-state index contributed by atoms with van der Waals surface area (Å²) in [6.07, 6.45) is 0. The number of carboxylic acid groups (broad SMARTS) is 1. The molecule has 6 nitrogen and oxygen atoms in total. The third kappa shape index (κ3) is 3.10. The van der Waals surface area contributed by atoms with E-state index in [4.69, 9.17) is 9.84 Å². The SMILES string of the molecule is C[C@@H]1COCCN1S(=O)(=O)c1cc(Br)cc(C(=O)O)c1F. The number of carbonyl (C=O) groups is 1. The van der Waals surface area contributed by atoms with Crippen molar-refractivity contribution in [2.24, 2.45) is 0 Å². The minimum atomic E-state index is -4.14. The molecule has 21 heavy (non-hydrogen) atoms. The highest BCUT2D eigenvalue weighted by molar-refractivity contribution is 9.10. The summed E-state index contributed by atoms with van der Waals surface area (Å²) in [6, 6.07) is 1.65. The Labute approximate surface area is 129 Å². The van der Waals surface area contributed by atoms with Crippen LogP contribution in [0.2, 0.25) is 0 Å². The van der Waals surface area contributed by atoms with Gasteiger partial charge in [0.25, 0.3) is 0 Å². The first-order valence-electron chi connectivity index (χ1n) is 6.07. The summed E-state index contributed by atoms with van der Waals surface area (Å²) in [5, 5.41) is 8.95. The molecule has 1 aliphatic rings. The van der Waals surface area contributed by atoms with Crippen molar-refractivity contribution >= 4 is 31.9 Å². The number of benzene rings is 1. The number of halogens is 2. The van der Waals surface area contributed by atoms with Gasteiger partial charge in [0.05, 0.1) is 18.8 Å². The molecule has 1 aliphatic heterocycles. The molecular weight excluding hydrogens is 369 g/mol. The van der Waals surface area contributed by atoms with Crippen LogP contribution in [-0.2, 0) is 14.8 Å². The summed E-state index contributed by atoms with van der Waals surface area (Å²) in [7, 11) is -4.14. The van der Waals surface area contributed by atoms with Crippen LogP contribution in [0.3, 0.4) is 0 Å². The van der Waals surface area contributed by atoms with Crippen LogP contribution in [-0.4, -0.2) is 49.6 Å². The molecule has 1 fully saturated rings. The molecule has 1 saturated heterocycles. The van der Waals surface area contributed by atoms with Gasteiger partial charge in [-0.15, -0.1) is 0 Å². The van der Waals surface area contributed by atoms with Gasteiger partial charge in [0.1, 0.15) is 4.90 Å². The number of carboxylic acids is 1. The van der Waals surface area contributed by atoms with Crippen LogP contribution >= 0.6 is 15.9 Å². The van der Waals surface area contributed by atoms with Crippen LogP contribution in [0.1, 0.15) is 17.3 Å². The molecule has 1 aromatic rings. The van der Waals surface area contributed by atoms with Crippen molar-refractivity contribution in [2.75, 3.05) is 19.8 Å². The fraction of sp³-hybridized carbons (Fsp3) is 0.417. The fourth-order valence-corrected chi connectivity index (χ4v) is 4.43. The van der Waals surface area contributed by atoms with Gasteiger partial charge in [-0.2, -0.15) is 4.31 Å². The summed E-state index contributed by atoms with van der Waals surface area (Å²) in [6.45, 7) is 2.16. The molecule has 0 bridgehead atoms. The minimum Gasteiger partial charge on any atom is -0.478 e. The van der Waals surface area contributed by atoms with E-state index in [1.165, 1.54) is 0 Å². The first kappa shape index (κ1) is 16.3. The van der Waals surface area contributed by atoms with Crippen LogP contribution in [0.15, 0.2) is 21.5 Å². The van der Waals surface area contributed by atoms with Gasteiger partial charge in [0.15, 0.2) is 5.82 Å². The zero-order chi connectivity index (χ0) is 15.8. The van der Waals surface area contributed by atoms with E-state index in [-0.39, 0.29) is 24.2 Å². The largest absolute Gasteiger partial charge is 0.478 e. The predicted molar refractivity (Wildman–Crippen MR) is 75.2 cm³/mol. The maximum atomic E-state index is 14.2. The smallest absolute Gasteiger partial charge is 0.338 e. The van der Waals surface area contributed by atoms with Crippen molar-refractivity contribution in [1.29, 1.82) is 0 Å². The zero-order valence-corrected chi connectivity index (χ0v) is 13.4. The van der Waals surface area contributed by atoms with Gasteiger partial charge < -0.3 is 9.84 Å². The molecule has 1 atom stereocenters. The van der Waals surface area contributed by atoms with Crippen molar-refractivity contribution in [3.8, 4) is 0 Å². The van der Waals surface area contributed by atoms with Crippen molar-refractivity contribution in [3.05, 3.63) is 28.0 Å². The maximum absolute atomic E-state index is 14.2. The van der Waals surface area contributed by atoms with Crippen LogP contribution < -0.4 is 0 Å². The number of rotatable bonds is 3. The number of hydrogen-bond donors (Lipinski definition) is 1. The predicted octanol–water partition coefficient (Wildman–Crippen LogP) is 1.70. The molecule has 0 saturated carbocycles. The summed E-state index contributed by atoms with van der Waals surface area (Å²) >= 11 is 3.01. The first-order valence-corrected chi connectivity index (χ1v) is 8.30. The highest BCUT2D eigenvalue weighted by atomic mass is 79.9. The van der Waals surface area contributed by atoms with E-state index in [1.807, 2.05) is 0 Å². The molecule has 0 aliphatic carbocycles. The van der Waals surface area contributed by atoms with Crippen molar-refractivity contribution < 1.29 is 27.4 Å². The second-order valence-corrected chi connectivity index (χ2v) is 7.38. The monoisotopic (exact) mass is 381 g/mol. The molecule has 9 heteroatoms. The lowest BCUT2D eigenvalue weighted by molar-refractivity contribution is 0.0391. The number of ether oxygens (including phenoxy) is 1. The van der Waals surface area contributed by atoms with E-state index in [0.717, 1.165) is 16.4 Å². The Morgan fingerprint density at radius 2 is 2.19 bits per heavy atom. The molecule has 0 radical (unpaired) electrons. The lowest BCUT2D eigenvalue weighted by Gasteiger charge is -2.32. The normalized spacial score (nSPS) is 20.4. The highest BCUT2D eigenvalue weighted by Crippen LogP contribution is 2.28. The van der Waals surface area contributed by atoms with Crippen molar-refractivity contribution in [3.63, 3.8) is 0 Å². The maximum Gasteiger partial charge on any atom is 0.338 e. The molecular formula is C12H13BrFNO5S. The van der Waals surface area contributed by atoms with Crippen LogP contribution in [0, 0.1) is 5.82 Å². The molecule has 1 aromatic carbocycles. The standard InChI is InChI=1S/C12H13BrFNO5S/c1-7-6-20-3-2-15(7)21(18,19)10-5-8(13)4-9(11(10)14)12(16)17/h4-5,7H,2-3,6H2,1H3,(H,16,17)/t7-/m1/s1. The molecule has 0 amide bonds. The molecule has 0 spiro atoms. The third-order valence-electron chi connectivity index (χ3n) is 3.13. The number of nitrogens with zero attached hydrogens (tertiary/aromatic N) is 1. The highest BCUT2D eigenvalue weighted by Gasteiger charge is 2.35. The van der Waals surface area contributed by atoms with E-state index in [0.29, 0.717) is 0 Å². The van der Waals surface area contributed by atoms with Gasteiger partial charge >= 0.3 is 5.97 Å². The average molecular weight is 382 g/mol. The van der Waals surface area contributed by atoms with Crippen molar-refractivity contribution in [2.45, 2.75) is 17.9 Å². The van der Waals surface area contributed by atoms with E-state index in [2.05, 4.69) is 15.9 Å². The summed E-state index contributed by atoms with van der Waals surface area (Å²) in [5.41, 5.74) is -0.691. The number of morpholine rings is 1. The molecule has 1 heterocycles. The lowest BCUT2D eigenvalue weighted by Crippen LogP contribution is -2.47. The minimum absolute atomic E-state index is 0.0951. The Hall–Kier alpha value is -1.03. The summed E-state index contributed by atoms with van der Waals surface area (Å²) < 4.78 is 45.8. The first-order chi connectivity index (χ1) is 9.75. The Balaban J connectivity index is 2.57. The Morgan fingerprint density at radius 3 is 2.76 bits per heavy atom. The molecule has 0 unspecified atom stereocenters. The topological polar surface area (TPSA) is 83.9 Å².